The highest BCUT2D eigenvalue weighted by molar-refractivity contribution is 7.07. The van der Waals surface area contributed by atoms with Gasteiger partial charge >= 0.3 is 0 Å². The Bertz CT molecular complexity index is 939. The quantitative estimate of drug-likeness (QED) is 0.576. The van der Waals surface area contributed by atoms with Crippen molar-refractivity contribution >= 4 is 17.2 Å². The van der Waals surface area contributed by atoms with Crippen molar-refractivity contribution in [3.05, 3.63) is 69.2 Å². The third kappa shape index (κ3) is 5.09. The van der Waals surface area contributed by atoms with E-state index in [4.69, 9.17) is 9.26 Å². The number of ether oxygens (including phenoxy) is 1. The first-order valence-corrected chi connectivity index (χ1v) is 11.2. The molecule has 0 aliphatic carbocycles. The number of aromatic nitrogens is 1. The molecule has 0 saturated carbocycles. The Hall–Kier alpha value is -2.64. The molecule has 4 rings (SSSR count). The zero-order valence-electron chi connectivity index (χ0n) is 17.5. The molecule has 1 aliphatic rings. The maximum atomic E-state index is 12.7. The van der Waals surface area contributed by atoms with E-state index in [1.807, 2.05) is 43.0 Å². The normalized spacial score (nSPS) is 14.8. The summed E-state index contributed by atoms with van der Waals surface area (Å²) in [5.41, 5.74) is 4.19. The third-order valence-electron chi connectivity index (χ3n) is 5.55. The summed E-state index contributed by atoms with van der Waals surface area (Å²) in [4.78, 5) is 17.1. The van der Waals surface area contributed by atoms with Gasteiger partial charge in [-0.05, 0) is 53.9 Å². The number of rotatable bonds is 7. The van der Waals surface area contributed by atoms with Gasteiger partial charge in [0, 0.05) is 32.7 Å². The van der Waals surface area contributed by atoms with Crippen LogP contribution in [0, 0.1) is 13.8 Å². The van der Waals surface area contributed by atoms with Gasteiger partial charge in [-0.2, -0.15) is 11.3 Å². The van der Waals surface area contributed by atoms with Crippen LogP contribution >= 0.6 is 11.3 Å². The number of benzene rings is 1. The lowest BCUT2D eigenvalue weighted by atomic mass is 10.1. The van der Waals surface area contributed by atoms with Crippen molar-refractivity contribution in [2.45, 2.75) is 33.4 Å². The monoisotopic (exact) mass is 425 g/mol. The van der Waals surface area contributed by atoms with Crippen molar-refractivity contribution < 1.29 is 14.1 Å². The van der Waals surface area contributed by atoms with Gasteiger partial charge in [-0.25, -0.2) is 0 Å². The van der Waals surface area contributed by atoms with E-state index in [1.165, 1.54) is 5.56 Å². The molecule has 3 heterocycles. The lowest BCUT2D eigenvalue weighted by molar-refractivity contribution is -0.132. The molecule has 1 saturated heterocycles. The molecule has 7 heteroatoms. The number of carbonyl (C=O) groups excluding carboxylic acids is 1. The maximum Gasteiger partial charge on any atom is 0.227 e. The fourth-order valence-corrected chi connectivity index (χ4v) is 4.31. The molecule has 1 fully saturated rings. The van der Waals surface area contributed by atoms with Crippen molar-refractivity contribution in [2.24, 2.45) is 0 Å². The van der Waals surface area contributed by atoms with Crippen LogP contribution in [0.1, 0.15) is 28.1 Å². The molecule has 0 unspecified atom stereocenters. The third-order valence-corrected chi connectivity index (χ3v) is 6.29. The summed E-state index contributed by atoms with van der Waals surface area (Å²) in [6.07, 6.45) is 0.425. The summed E-state index contributed by atoms with van der Waals surface area (Å²) in [7, 11) is 0. The SMILES string of the molecule is Cc1noc(C)c1COc1ccc(CC(=O)N2CCN(Cc3ccsc3)CC2)cc1. The minimum absolute atomic E-state index is 0.189. The molecular formula is C23H27N3O3S. The van der Waals surface area contributed by atoms with Gasteiger partial charge in [0.1, 0.15) is 18.1 Å². The van der Waals surface area contributed by atoms with E-state index < -0.39 is 0 Å². The summed E-state index contributed by atoms with van der Waals surface area (Å²) >= 11 is 1.73. The van der Waals surface area contributed by atoms with Gasteiger partial charge in [-0.15, -0.1) is 0 Å². The minimum Gasteiger partial charge on any atom is -0.489 e. The first-order valence-electron chi connectivity index (χ1n) is 10.2. The summed E-state index contributed by atoms with van der Waals surface area (Å²) in [5, 5.41) is 8.25. The van der Waals surface area contributed by atoms with Crippen molar-refractivity contribution in [3.63, 3.8) is 0 Å². The predicted molar refractivity (Wildman–Crippen MR) is 117 cm³/mol. The Morgan fingerprint density at radius 3 is 2.50 bits per heavy atom. The molecule has 0 atom stereocenters. The second-order valence-electron chi connectivity index (χ2n) is 7.70. The molecule has 0 N–H and O–H groups in total. The fraction of sp³-hybridized carbons (Fsp3) is 0.391. The molecular weight excluding hydrogens is 398 g/mol. The van der Waals surface area contributed by atoms with E-state index in [-0.39, 0.29) is 5.91 Å². The average molecular weight is 426 g/mol. The van der Waals surface area contributed by atoms with E-state index >= 15 is 0 Å². The molecule has 0 radical (unpaired) electrons. The zero-order chi connectivity index (χ0) is 20.9. The van der Waals surface area contributed by atoms with E-state index in [0.29, 0.717) is 13.0 Å². The second kappa shape index (κ2) is 9.45. The topological polar surface area (TPSA) is 58.8 Å². The van der Waals surface area contributed by atoms with Crippen LogP contribution in [-0.2, 0) is 24.4 Å². The lowest BCUT2D eigenvalue weighted by Crippen LogP contribution is -2.48. The van der Waals surface area contributed by atoms with Crippen LogP contribution in [0.5, 0.6) is 5.75 Å². The highest BCUT2D eigenvalue weighted by Crippen LogP contribution is 2.19. The Morgan fingerprint density at radius 1 is 1.10 bits per heavy atom. The van der Waals surface area contributed by atoms with Crippen LogP contribution < -0.4 is 4.74 Å². The highest BCUT2D eigenvalue weighted by Gasteiger charge is 2.21. The van der Waals surface area contributed by atoms with Gasteiger partial charge in [0.15, 0.2) is 0 Å². The molecule has 2 aromatic heterocycles. The molecule has 0 bridgehead atoms. The number of piperazine rings is 1. The van der Waals surface area contributed by atoms with Gasteiger partial charge in [-0.3, -0.25) is 9.69 Å². The molecule has 6 nitrogen and oxygen atoms in total. The van der Waals surface area contributed by atoms with Gasteiger partial charge in [-0.1, -0.05) is 17.3 Å². The Balaban J connectivity index is 1.24. The Labute approximate surface area is 181 Å². The van der Waals surface area contributed by atoms with Crippen LogP contribution in [-0.4, -0.2) is 47.0 Å². The van der Waals surface area contributed by atoms with Crippen molar-refractivity contribution in [1.82, 2.24) is 15.0 Å². The molecule has 158 valence electrons. The summed E-state index contributed by atoms with van der Waals surface area (Å²) in [5.74, 6) is 1.74. The largest absolute Gasteiger partial charge is 0.489 e. The summed E-state index contributed by atoms with van der Waals surface area (Å²) < 4.78 is 11.0. The molecule has 1 amide bonds. The number of thiophene rings is 1. The van der Waals surface area contributed by atoms with Crippen molar-refractivity contribution in [2.75, 3.05) is 26.2 Å². The summed E-state index contributed by atoms with van der Waals surface area (Å²) in [6, 6.07) is 9.93. The number of hydrogen-bond donors (Lipinski definition) is 0. The van der Waals surface area contributed by atoms with Gasteiger partial charge in [0.2, 0.25) is 5.91 Å². The molecule has 0 spiro atoms. The molecule has 1 aromatic carbocycles. The van der Waals surface area contributed by atoms with E-state index in [0.717, 1.165) is 61.1 Å². The molecule has 1 aliphatic heterocycles. The van der Waals surface area contributed by atoms with E-state index in [9.17, 15) is 4.79 Å². The number of hydrogen-bond acceptors (Lipinski definition) is 6. The highest BCUT2D eigenvalue weighted by atomic mass is 32.1. The van der Waals surface area contributed by atoms with Gasteiger partial charge < -0.3 is 14.2 Å². The Kier molecular flexibility index (Phi) is 6.50. The number of aryl methyl sites for hydroxylation is 2. The number of nitrogens with zero attached hydrogens (tertiary/aromatic N) is 3. The predicted octanol–water partition coefficient (Wildman–Crippen LogP) is 3.82. The van der Waals surface area contributed by atoms with E-state index in [1.54, 1.807) is 11.3 Å². The minimum atomic E-state index is 0.189. The lowest BCUT2D eigenvalue weighted by Gasteiger charge is -2.34. The van der Waals surface area contributed by atoms with Crippen LogP contribution in [0.3, 0.4) is 0 Å². The van der Waals surface area contributed by atoms with Crippen LogP contribution in [0.2, 0.25) is 0 Å². The molecule has 3 aromatic rings. The Morgan fingerprint density at radius 2 is 1.87 bits per heavy atom. The fourth-order valence-electron chi connectivity index (χ4n) is 3.65. The standard InChI is InChI=1S/C23H27N3O3S/c1-17-22(18(2)29-24-17)15-28-21-5-3-19(4-6-21)13-23(27)26-10-8-25(9-11-26)14-20-7-12-30-16-20/h3-7,12,16H,8-11,13-15H2,1-2H3. The summed E-state index contributed by atoms with van der Waals surface area (Å²) in [6.45, 7) is 8.63. The zero-order valence-corrected chi connectivity index (χ0v) is 18.3. The number of amides is 1. The first-order chi connectivity index (χ1) is 14.6. The molecule has 30 heavy (non-hydrogen) atoms. The van der Waals surface area contributed by atoms with Crippen LogP contribution in [0.25, 0.3) is 0 Å². The van der Waals surface area contributed by atoms with Gasteiger partial charge in [0.05, 0.1) is 17.7 Å². The van der Waals surface area contributed by atoms with Crippen LogP contribution in [0.15, 0.2) is 45.6 Å². The first kappa shape index (κ1) is 20.6. The van der Waals surface area contributed by atoms with Crippen molar-refractivity contribution in [3.8, 4) is 5.75 Å². The van der Waals surface area contributed by atoms with Crippen LogP contribution in [0.4, 0.5) is 0 Å². The average Bonchev–Trinajstić information content (AvgIpc) is 3.38. The smallest absolute Gasteiger partial charge is 0.227 e. The number of carbonyl (C=O) groups is 1. The second-order valence-corrected chi connectivity index (χ2v) is 8.48. The maximum absolute atomic E-state index is 12.7. The van der Waals surface area contributed by atoms with Crippen molar-refractivity contribution in [1.29, 1.82) is 0 Å². The van der Waals surface area contributed by atoms with Gasteiger partial charge in [0.25, 0.3) is 0 Å². The van der Waals surface area contributed by atoms with E-state index in [2.05, 4.69) is 26.9 Å².